The van der Waals surface area contributed by atoms with Crippen molar-refractivity contribution in [3.63, 3.8) is 0 Å². The molecule has 0 unspecified atom stereocenters. The summed E-state index contributed by atoms with van der Waals surface area (Å²) in [6.07, 6.45) is 0. The Kier molecular flexibility index (Phi) is 2.82. The third-order valence-corrected chi connectivity index (χ3v) is 2.09. The molecule has 2 aromatic rings. The van der Waals surface area contributed by atoms with E-state index in [-0.39, 0.29) is 0 Å². The fourth-order valence-corrected chi connectivity index (χ4v) is 1.39. The molecule has 2 aromatic heterocycles. The van der Waals surface area contributed by atoms with Gasteiger partial charge in [0, 0.05) is 7.11 Å². The summed E-state index contributed by atoms with van der Waals surface area (Å²) in [7, 11) is 1.65. The van der Waals surface area contributed by atoms with E-state index in [9.17, 15) is 0 Å². The molecule has 5 nitrogen and oxygen atoms in total. The van der Waals surface area contributed by atoms with Crippen LogP contribution in [-0.4, -0.2) is 34.9 Å². The van der Waals surface area contributed by atoms with Gasteiger partial charge in [0.05, 0.1) is 6.61 Å². The minimum atomic E-state index is 0.521. The number of fused-ring (bicyclic) bond motifs is 1. The molecule has 0 aliphatic rings. The number of rotatable bonds is 4. The summed E-state index contributed by atoms with van der Waals surface area (Å²) in [6, 6.07) is 5.67. The molecule has 5 heteroatoms. The Balaban J connectivity index is 2.29. The lowest BCUT2D eigenvalue weighted by atomic mass is 10.4. The third-order valence-electron chi connectivity index (χ3n) is 2.09. The summed E-state index contributed by atoms with van der Waals surface area (Å²) < 4.78 is 12.3. The van der Waals surface area contributed by atoms with Crippen LogP contribution in [0, 0.1) is 6.92 Å². The average Bonchev–Trinajstić information content (AvgIpc) is 2.62. The van der Waals surface area contributed by atoms with Crippen molar-refractivity contribution >= 4 is 5.65 Å². The Morgan fingerprint density at radius 1 is 1.27 bits per heavy atom. The van der Waals surface area contributed by atoms with Gasteiger partial charge in [-0.25, -0.2) is 4.40 Å². The molecular weight excluding hydrogens is 194 g/mol. The zero-order chi connectivity index (χ0) is 10.7. The van der Waals surface area contributed by atoms with Crippen LogP contribution in [0.15, 0.2) is 18.2 Å². The predicted octanol–water partition coefficient (Wildman–Crippen LogP) is 1.06. The largest absolute Gasteiger partial charge is 0.476 e. The minimum Gasteiger partial charge on any atom is -0.476 e. The van der Waals surface area contributed by atoms with Crippen LogP contribution in [0.3, 0.4) is 0 Å². The van der Waals surface area contributed by atoms with Crippen molar-refractivity contribution in [2.75, 3.05) is 20.3 Å². The third kappa shape index (κ3) is 1.92. The molecule has 0 radical (unpaired) electrons. The number of ether oxygens (including phenoxy) is 2. The topological polar surface area (TPSA) is 48.7 Å². The fourth-order valence-electron chi connectivity index (χ4n) is 1.39. The van der Waals surface area contributed by atoms with Crippen LogP contribution >= 0.6 is 0 Å². The highest BCUT2D eigenvalue weighted by Crippen LogP contribution is 2.14. The highest BCUT2D eigenvalue weighted by molar-refractivity contribution is 5.41. The van der Waals surface area contributed by atoms with E-state index < -0.39 is 0 Å². The van der Waals surface area contributed by atoms with Crippen LogP contribution in [0.25, 0.3) is 5.65 Å². The van der Waals surface area contributed by atoms with Gasteiger partial charge in [-0.3, -0.25) is 0 Å². The lowest BCUT2D eigenvalue weighted by Gasteiger charge is -2.07. The molecule has 2 rings (SSSR count). The van der Waals surface area contributed by atoms with Crippen LogP contribution in [0.5, 0.6) is 5.88 Å². The lowest BCUT2D eigenvalue weighted by molar-refractivity contribution is 0.143. The van der Waals surface area contributed by atoms with Crippen molar-refractivity contribution < 1.29 is 9.47 Å². The molecule has 0 fully saturated rings. The molecule has 0 amide bonds. The van der Waals surface area contributed by atoms with Gasteiger partial charge < -0.3 is 9.47 Å². The van der Waals surface area contributed by atoms with Crippen LogP contribution in [-0.2, 0) is 4.74 Å². The monoisotopic (exact) mass is 207 g/mol. The van der Waals surface area contributed by atoms with E-state index in [1.165, 1.54) is 0 Å². The van der Waals surface area contributed by atoms with Crippen molar-refractivity contribution in [1.82, 2.24) is 14.6 Å². The van der Waals surface area contributed by atoms with Gasteiger partial charge in [0.25, 0.3) is 0 Å². The number of aryl methyl sites for hydroxylation is 1. The van der Waals surface area contributed by atoms with Crippen LogP contribution in [0.4, 0.5) is 0 Å². The van der Waals surface area contributed by atoms with Gasteiger partial charge in [-0.15, -0.1) is 10.2 Å². The Labute approximate surface area is 87.6 Å². The second-order valence-corrected chi connectivity index (χ2v) is 3.15. The van der Waals surface area contributed by atoms with Crippen LogP contribution in [0.1, 0.15) is 5.82 Å². The SMILES string of the molecule is COCCOc1cccc2nnc(C)n12. The summed E-state index contributed by atoms with van der Waals surface area (Å²) in [4.78, 5) is 0. The molecular formula is C10H13N3O2. The maximum Gasteiger partial charge on any atom is 0.200 e. The highest BCUT2D eigenvalue weighted by Gasteiger charge is 2.05. The highest BCUT2D eigenvalue weighted by atomic mass is 16.5. The zero-order valence-electron chi connectivity index (χ0n) is 8.80. The maximum atomic E-state index is 5.56. The number of aromatic nitrogens is 3. The number of hydrogen-bond acceptors (Lipinski definition) is 4. The van der Waals surface area contributed by atoms with E-state index in [1.807, 2.05) is 29.5 Å². The molecule has 80 valence electrons. The molecule has 0 aliphatic carbocycles. The standard InChI is InChI=1S/C10H13N3O2/c1-8-11-12-9-4-3-5-10(13(8)9)15-7-6-14-2/h3-5H,6-7H2,1-2H3. The summed E-state index contributed by atoms with van der Waals surface area (Å²) in [6.45, 7) is 2.98. The van der Waals surface area contributed by atoms with E-state index in [0.717, 1.165) is 17.4 Å². The summed E-state index contributed by atoms with van der Waals surface area (Å²) in [5.41, 5.74) is 0.794. The second kappa shape index (κ2) is 4.27. The smallest absolute Gasteiger partial charge is 0.200 e. The first kappa shape index (κ1) is 9.92. The second-order valence-electron chi connectivity index (χ2n) is 3.15. The van der Waals surface area contributed by atoms with Gasteiger partial charge in [0.2, 0.25) is 5.88 Å². The van der Waals surface area contributed by atoms with Crippen molar-refractivity contribution in [3.05, 3.63) is 24.0 Å². The van der Waals surface area contributed by atoms with Gasteiger partial charge >= 0.3 is 0 Å². The van der Waals surface area contributed by atoms with E-state index in [4.69, 9.17) is 9.47 Å². The molecule has 0 N–H and O–H groups in total. The zero-order valence-corrected chi connectivity index (χ0v) is 8.80. The van der Waals surface area contributed by atoms with Gasteiger partial charge in [-0.2, -0.15) is 0 Å². The van der Waals surface area contributed by atoms with Crippen molar-refractivity contribution in [1.29, 1.82) is 0 Å². The molecule has 0 aromatic carbocycles. The molecule has 0 saturated heterocycles. The van der Waals surface area contributed by atoms with E-state index >= 15 is 0 Å². The van der Waals surface area contributed by atoms with Gasteiger partial charge in [-0.1, -0.05) is 6.07 Å². The number of nitrogens with zero attached hydrogens (tertiary/aromatic N) is 3. The Bertz CT molecular complexity index is 453. The first-order chi connectivity index (χ1) is 7.33. The molecule has 0 spiro atoms. The summed E-state index contributed by atoms with van der Waals surface area (Å²) in [5.74, 6) is 1.56. The number of methoxy groups -OCH3 is 1. The molecule has 0 bridgehead atoms. The van der Waals surface area contributed by atoms with E-state index in [2.05, 4.69) is 10.2 Å². The van der Waals surface area contributed by atoms with Crippen molar-refractivity contribution in [2.45, 2.75) is 6.92 Å². The predicted molar refractivity (Wildman–Crippen MR) is 55.1 cm³/mol. The molecule has 0 saturated carbocycles. The van der Waals surface area contributed by atoms with E-state index in [0.29, 0.717) is 13.2 Å². The van der Waals surface area contributed by atoms with Crippen molar-refractivity contribution in [3.8, 4) is 5.88 Å². The first-order valence-electron chi connectivity index (χ1n) is 4.75. The van der Waals surface area contributed by atoms with Crippen LogP contribution in [0.2, 0.25) is 0 Å². The quantitative estimate of drug-likeness (QED) is 0.703. The Morgan fingerprint density at radius 3 is 2.93 bits per heavy atom. The molecule has 0 aliphatic heterocycles. The van der Waals surface area contributed by atoms with E-state index in [1.54, 1.807) is 7.11 Å². The first-order valence-corrected chi connectivity index (χ1v) is 4.75. The van der Waals surface area contributed by atoms with Gasteiger partial charge in [-0.05, 0) is 19.1 Å². The van der Waals surface area contributed by atoms with Crippen LogP contribution < -0.4 is 4.74 Å². The minimum absolute atomic E-state index is 0.521. The molecule has 15 heavy (non-hydrogen) atoms. The lowest BCUT2D eigenvalue weighted by Crippen LogP contribution is -2.07. The Morgan fingerprint density at radius 2 is 2.13 bits per heavy atom. The summed E-state index contributed by atoms with van der Waals surface area (Å²) >= 11 is 0. The maximum absolute atomic E-state index is 5.56. The number of pyridine rings is 1. The number of hydrogen-bond donors (Lipinski definition) is 0. The fraction of sp³-hybridized carbons (Fsp3) is 0.400. The average molecular weight is 207 g/mol. The Hall–Kier alpha value is -1.62. The van der Waals surface area contributed by atoms with Gasteiger partial charge in [0.1, 0.15) is 12.4 Å². The normalized spacial score (nSPS) is 10.8. The van der Waals surface area contributed by atoms with Gasteiger partial charge in [0.15, 0.2) is 5.65 Å². The van der Waals surface area contributed by atoms with Crippen molar-refractivity contribution in [2.24, 2.45) is 0 Å². The molecule has 2 heterocycles. The summed E-state index contributed by atoms with van der Waals surface area (Å²) in [5, 5.41) is 8.00. The molecule has 0 atom stereocenters.